The van der Waals surface area contributed by atoms with Crippen LogP contribution >= 0.6 is 11.6 Å². The fourth-order valence-corrected chi connectivity index (χ4v) is 6.72. The maximum atomic E-state index is 13.0. The van der Waals surface area contributed by atoms with Gasteiger partial charge in [-0.05, 0) is 0 Å². The predicted molar refractivity (Wildman–Crippen MR) is 94.0 cm³/mol. The zero-order valence-electron chi connectivity index (χ0n) is 13.6. The minimum absolute atomic E-state index is 0.0356. The van der Waals surface area contributed by atoms with E-state index < -0.39 is 5.92 Å². The van der Waals surface area contributed by atoms with Gasteiger partial charge in [0.05, 0.1) is 0 Å². The summed E-state index contributed by atoms with van der Waals surface area (Å²) in [5.74, 6) is -1.08. The molecule has 5 atom stereocenters. The van der Waals surface area contributed by atoms with E-state index in [1.54, 1.807) is 0 Å². The van der Waals surface area contributed by atoms with Gasteiger partial charge in [-0.3, -0.25) is 0 Å². The molecule has 3 aliphatic rings. The average Bonchev–Trinajstić information content (AvgIpc) is 3.33. The number of ketones is 2. The van der Waals surface area contributed by atoms with Gasteiger partial charge < -0.3 is 0 Å². The van der Waals surface area contributed by atoms with Crippen LogP contribution in [0.2, 0.25) is 5.02 Å². The summed E-state index contributed by atoms with van der Waals surface area (Å²) < 4.78 is 7.86. The third-order valence-electron chi connectivity index (χ3n) is 5.70. The van der Waals surface area contributed by atoms with E-state index in [-0.39, 0.29) is 50.1 Å². The third-order valence-corrected chi connectivity index (χ3v) is 8.12. The number of halogens is 1. The van der Waals surface area contributed by atoms with E-state index in [0.717, 1.165) is 27.4 Å². The van der Waals surface area contributed by atoms with Crippen LogP contribution in [0.25, 0.3) is 10.1 Å². The summed E-state index contributed by atoms with van der Waals surface area (Å²) in [7, 11) is 0. The molecule has 2 bridgehead atoms. The number of rotatable bonds is 2. The summed E-state index contributed by atoms with van der Waals surface area (Å²) >= 11 is 6.00. The molecule has 5 rings (SSSR count). The predicted octanol–water partition coefficient (Wildman–Crippen LogP) is 2.80. The van der Waals surface area contributed by atoms with Gasteiger partial charge in [0.2, 0.25) is 0 Å². The minimum atomic E-state index is -0.673. The summed E-state index contributed by atoms with van der Waals surface area (Å²) in [6, 6.07) is 7.57. The molecule has 0 radical (unpaired) electrons. The molecular formula is C19H16ClNO3Se. The van der Waals surface area contributed by atoms with E-state index in [4.69, 9.17) is 21.3 Å². The van der Waals surface area contributed by atoms with Crippen molar-refractivity contribution in [1.82, 2.24) is 4.98 Å². The van der Waals surface area contributed by atoms with Gasteiger partial charge in [-0.1, -0.05) is 0 Å². The van der Waals surface area contributed by atoms with Crippen LogP contribution in [0.5, 0.6) is 0 Å². The van der Waals surface area contributed by atoms with Gasteiger partial charge in [-0.15, -0.1) is 0 Å². The molecule has 6 heteroatoms. The number of carbonyl (C=O) groups is 2. The average molecular weight is 421 g/mol. The zero-order valence-corrected chi connectivity index (χ0v) is 16.0. The molecule has 1 unspecified atom stereocenters. The number of aryl methyl sites for hydroxylation is 1. The number of hydrogen-bond donors (Lipinski definition) is 0. The Kier molecular flexibility index (Phi) is 3.58. The van der Waals surface area contributed by atoms with Crippen molar-refractivity contribution in [3.8, 4) is 10.1 Å². The van der Waals surface area contributed by atoms with Gasteiger partial charge in [-0.2, -0.15) is 0 Å². The van der Waals surface area contributed by atoms with Crippen molar-refractivity contribution in [3.05, 3.63) is 39.4 Å². The van der Waals surface area contributed by atoms with Gasteiger partial charge >= 0.3 is 156 Å². The SMILES string of the molecule is Cc1[se]c(-c2ccc(Cl)cc2)nc1C1C(=O)[C@@H]2[C@H](C1=O)[C@@H]1CC[C@H]2O1. The number of nitrogens with zero attached hydrogens (tertiary/aromatic N) is 1. The maximum absolute atomic E-state index is 13.0. The van der Waals surface area contributed by atoms with Crippen LogP contribution in [-0.2, 0) is 14.3 Å². The molecule has 1 aliphatic carbocycles. The first-order valence-electron chi connectivity index (χ1n) is 8.51. The third kappa shape index (κ3) is 2.26. The molecule has 128 valence electrons. The van der Waals surface area contributed by atoms with Gasteiger partial charge in [-0.25, -0.2) is 0 Å². The Morgan fingerprint density at radius 2 is 1.68 bits per heavy atom. The van der Waals surface area contributed by atoms with E-state index in [2.05, 4.69) is 0 Å². The fraction of sp³-hybridized carbons (Fsp3) is 0.421. The number of ether oxygens (including phenoxy) is 1. The van der Waals surface area contributed by atoms with E-state index >= 15 is 0 Å². The Hall–Kier alpha value is -1.26. The van der Waals surface area contributed by atoms with Crippen LogP contribution in [-0.4, -0.2) is 43.3 Å². The van der Waals surface area contributed by atoms with Crippen molar-refractivity contribution in [2.75, 3.05) is 0 Å². The van der Waals surface area contributed by atoms with Crippen molar-refractivity contribution in [2.45, 2.75) is 37.9 Å². The topological polar surface area (TPSA) is 56.3 Å². The van der Waals surface area contributed by atoms with Crippen molar-refractivity contribution in [1.29, 1.82) is 0 Å². The summed E-state index contributed by atoms with van der Waals surface area (Å²) in [6.07, 6.45) is 1.70. The summed E-state index contributed by atoms with van der Waals surface area (Å²) in [6.45, 7) is 2.00. The van der Waals surface area contributed by atoms with Crippen LogP contribution in [0.3, 0.4) is 0 Å². The molecule has 1 saturated carbocycles. The van der Waals surface area contributed by atoms with Gasteiger partial charge in [0, 0.05) is 0 Å². The molecule has 4 nitrogen and oxygen atoms in total. The zero-order chi connectivity index (χ0) is 17.3. The Morgan fingerprint density at radius 3 is 2.28 bits per heavy atom. The van der Waals surface area contributed by atoms with E-state index in [9.17, 15) is 9.59 Å². The first-order valence-corrected chi connectivity index (χ1v) is 10.6. The molecule has 3 heterocycles. The standard InChI is InChI=1S/C19H16ClNO3Se/c1-8-16(21-19(25-8)9-2-4-10(20)5-3-9)15-17(22)13-11-6-7-12(24-11)14(13)18(15)23/h2-5,11-15H,6-7H2,1H3/t11-,12+,13+,14-,15?. The number of aromatic nitrogens is 1. The quantitative estimate of drug-likeness (QED) is 0.554. The van der Waals surface area contributed by atoms with Crippen LogP contribution in [0.1, 0.15) is 28.9 Å². The number of Topliss-reactive ketones (excluding diaryl/α,β-unsaturated/α-hetero) is 2. The number of hydrogen-bond acceptors (Lipinski definition) is 4. The molecule has 1 aromatic carbocycles. The van der Waals surface area contributed by atoms with Gasteiger partial charge in [0.1, 0.15) is 0 Å². The number of fused-ring (bicyclic) bond motifs is 5. The second-order valence-corrected chi connectivity index (χ2v) is 10.0. The second-order valence-electron chi connectivity index (χ2n) is 7.05. The van der Waals surface area contributed by atoms with Crippen LogP contribution in [0, 0.1) is 18.8 Å². The number of carbonyl (C=O) groups excluding carboxylic acids is 2. The molecule has 2 aliphatic heterocycles. The Bertz CT molecular complexity index is 863. The molecule has 2 aromatic rings. The number of benzene rings is 1. The molecule has 1 aromatic heterocycles. The Morgan fingerprint density at radius 1 is 1.08 bits per heavy atom. The Balaban J connectivity index is 1.53. The van der Waals surface area contributed by atoms with Crippen molar-refractivity contribution >= 4 is 37.7 Å². The first kappa shape index (κ1) is 16.0. The van der Waals surface area contributed by atoms with Gasteiger partial charge in [0.15, 0.2) is 0 Å². The molecule has 0 spiro atoms. The molecule has 25 heavy (non-hydrogen) atoms. The summed E-state index contributed by atoms with van der Waals surface area (Å²) in [5.41, 5.74) is 1.72. The normalized spacial score (nSPS) is 33.3. The van der Waals surface area contributed by atoms with Crippen LogP contribution in [0.15, 0.2) is 24.3 Å². The molecule has 2 saturated heterocycles. The van der Waals surface area contributed by atoms with Crippen molar-refractivity contribution in [2.24, 2.45) is 11.8 Å². The van der Waals surface area contributed by atoms with Crippen molar-refractivity contribution < 1.29 is 14.3 Å². The van der Waals surface area contributed by atoms with Gasteiger partial charge in [0.25, 0.3) is 0 Å². The first-order chi connectivity index (χ1) is 12.0. The van der Waals surface area contributed by atoms with Crippen molar-refractivity contribution in [3.63, 3.8) is 0 Å². The molecule has 3 fully saturated rings. The van der Waals surface area contributed by atoms with E-state index in [1.807, 2.05) is 31.2 Å². The second kappa shape index (κ2) is 5.62. The van der Waals surface area contributed by atoms with E-state index in [0.29, 0.717) is 10.7 Å². The summed E-state index contributed by atoms with van der Waals surface area (Å²) in [5, 5.41) is 0.684. The molecule has 0 N–H and O–H groups in total. The fourth-order valence-electron chi connectivity index (χ4n) is 4.59. The molecular weight excluding hydrogens is 405 g/mol. The van der Waals surface area contributed by atoms with Crippen LogP contribution < -0.4 is 0 Å². The summed E-state index contributed by atoms with van der Waals surface area (Å²) in [4.78, 5) is 30.7. The Labute approximate surface area is 156 Å². The molecule has 0 amide bonds. The van der Waals surface area contributed by atoms with E-state index in [1.165, 1.54) is 0 Å². The van der Waals surface area contributed by atoms with Crippen LogP contribution in [0.4, 0.5) is 0 Å². The monoisotopic (exact) mass is 421 g/mol.